The topological polar surface area (TPSA) is 46.6 Å². The lowest BCUT2D eigenvalue weighted by atomic mass is 10.3. The van der Waals surface area contributed by atoms with Crippen LogP contribution in [-0.2, 0) is 9.59 Å². The SMILES string of the molecule is CCSC1CC(=O)N(c2cccc(OC)c2)C1=O. The summed E-state index contributed by atoms with van der Waals surface area (Å²) in [5, 5.41) is -0.242. The van der Waals surface area contributed by atoms with E-state index in [0.29, 0.717) is 11.4 Å². The predicted octanol–water partition coefficient (Wildman–Crippen LogP) is 2.08. The highest BCUT2D eigenvalue weighted by Crippen LogP contribution is 2.30. The smallest absolute Gasteiger partial charge is 0.247 e. The van der Waals surface area contributed by atoms with Gasteiger partial charge in [0.1, 0.15) is 5.75 Å². The number of anilines is 1. The lowest BCUT2D eigenvalue weighted by Crippen LogP contribution is -2.31. The van der Waals surface area contributed by atoms with Gasteiger partial charge in [0.05, 0.1) is 18.0 Å². The molecule has 0 aliphatic carbocycles. The highest BCUT2D eigenvalue weighted by molar-refractivity contribution is 8.00. The van der Waals surface area contributed by atoms with Crippen LogP contribution in [0.5, 0.6) is 5.75 Å². The van der Waals surface area contributed by atoms with Gasteiger partial charge in [-0.15, -0.1) is 11.8 Å². The molecule has 0 saturated carbocycles. The predicted molar refractivity (Wildman–Crippen MR) is 72.0 cm³/mol. The molecule has 0 bridgehead atoms. The number of amides is 2. The zero-order valence-corrected chi connectivity index (χ0v) is 11.2. The Bertz CT molecular complexity index is 475. The molecule has 0 N–H and O–H groups in total. The second kappa shape index (κ2) is 5.44. The quantitative estimate of drug-likeness (QED) is 0.782. The van der Waals surface area contributed by atoms with Crippen molar-refractivity contribution in [2.75, 3.05) is 17.8 Å². The number of hydrogen-bond acceptors (Lipinski definition) is 4. The normalized spacial score (nSPS) is 19.4. The van der Waals surface area contributed by atoms with Gasteiger partial charge in [-0.1, -0.05) is 13.0 Å². The number of carbonyl (C=O) groups excluding carboxylic acids is 2. The summed E-state index contributed by atoms with van der Waals surface area (Å²) in [7, 11) is 1.56. The van der Waals surface area contributed by atoms with Crippen molar-refractivity contribution in [1.29, 1.82) is 0 Å². The first kappa shape index (κ1) is 13.0. The Morgan fingerprint density at radius 2 is 2.22 bits per heavy atom. The molecule has 1 aliphatic heterocycles. The van der Waals surface area contributed by atoms with E-state index in [0.717, 1.165) is 5.75 Å². The van der Waals surface area contributed by atoms with E-state index in [-0.39, 0.29) is 23.5 Å². The fourth-order valence-electron chi connectivity index (χ4n) is 1.96. The third-order valence-electron chi connectivity index (χ3n) is 2.78. The molecule has 4 nitrogen and oxygen atoms in total. The van der Waals surface area contributed by atoms with Crippen LogP contribution in [-0.4, -0.2) is 29.9 Å². The van der Waals surface area contributed by atoms with Crippen molar-refractivity contribution in [2.45, 2.75) is 18.6 Å². The van der Waals surface area contributed by atoms with E-state index in [1.165, 1.54) is 16.7 Å². The number of benzene rings is 1. The molecule has 18 heavy (non-hydrogen) atoms. The Morgan fingerprint density at radius 3 is 2.89 bits per heavy atom. The van der Waals surface area contributed by atoms with Crippen LogP contribution < -0.4 is 9.64 Å². The van der Waals surface area contributed by atoms with E-state index < -0.39 is 0 Å². The number of imide groups is 1. The molecular weight excluding hydrogens is 250 g/mol. The van der Waals surface area contributed by atoms with Gasteiger partial charge in [-0.2, -0.15) is 0 Å². The molecule has 1 aromatic rings. The third-order valence-corrected chi connectivity index (χ3v) is 3.89. The van der Waals surface area contributed by atoms with Crippen LogP contribution in [0.2, 0.25) is 0 Å². The van der Waals surface area contributed by atoms with E-state index in [1.807, 2.05) is 6.92 Å². The minimum atomic E-state index is -0.242. The van der Waals surface area contributed by atoms with E-state index in [4.69, 9.17) is 4.74 Å². The lowest BCUT2D eigenvalue weighted by Gasteiger charge is -2.15. The largest absolute Gasteiger partial charge is 0.497 e. The van der Waals surface area contributed by atoms with Crippen LogP contribution in [0.15, 0.2) is 24.3 Å². The van der Waals surface area contributed by atoms with Crippen molar-refractivity contribution < 1.29 is 14.3 Å². The fourth-order valence-corrected chi connectivity index (χ4v) is 2.87. The minimum Gasteiger partial charge on any atom is -0.497 e. The summed E-state index contributed by atoms with van der Waals surface area (Å²) >= 11 is 1.52. The van der Waals surface area contributed by atoms with Crippen LogP contribution in [0, 0.1) is 0 Å². The van der Waals surface area contributed by atoms with Crippen LogP contribution in [0.1, 0.15) is 13.3 Å². The van der Waals surface area contributed by atoms with Crippen molar-refractivity contribution in [2.24, 2.45) is 0 Å². The fraction of sp³-hybridized carbons (Fsp3) is 0.385. The number of nitrogens with zero attached hydrogens (tertiary/aromatic N) is 1. The van der Waals surface area contributed by atoms with Gasteiger partial charge < -0.3 is 4.74 Å². The average molecular weight is 265 g/mol. The zero-order chi connectivity index (χ0) is 13.1. The number of ether oxygens (including phenoxy) is 1. The summed E-state index contributed by atoms with van der Waals surface area (Å²) in [6.07, 6.45) is 0.286. The summed E-state index contributed by atoms with van der Waals surface area (Å²) in [4.78, 5) is 25.3. The summed E-state index contributed by atoms with van der Waals surface area (Å²) in [6.45, 7) is 1.98. The molecule has 1 aromatic carbocycles. The maximum atomic E-state index is 12.1. The maximum Gasteiger partial charge on any atom is 0.247 e. The van der Waals surface area contributed by atoms with E-state index >= 15 is 0 Å². The molecule has 1 heterocycles. The Labute approximate surface area is 110 Å². The maximum absolute atomic E-state index is 12.1. The molecule has 1 atom stereocenters. The summed E-state index contributed by atoms with van der Waals surface area (Å²) in [5.41, 5.74) is 0.587. The first-order valence-electron chi connectivity index (χ1n) is 5.79. The third kappa shape index (κ3) is 2.36. The van der Waals surface area contributed by atoms with Gasteiger partial charge in [-0.05, 0) is 17.9 Å². The van der Waals surface area contributed by atoms with Crippen LogP contribution >= 0.6 is 11.8 Å². The Kier molecular flexibility index (Phi) is 3.91. The highest BCUT2D eigenvalue weighted by Gasteiger charge is 2.39. The zero-order valence-electron chi connectivity index (χ0n) is 10.4. The molecule has 0 radical (unpaired) electrons. The molecule has 1 saturated heterocycles. The van der Waals surface area contributed by atoms with Gasteiger partial charge >= 0.3 is 0 Å². The van der Waals surface area contributed by atoms with Crippen molar-refractivity contribution in [3.8, 4) is 5.75 Å². The monoisotopic (exact) mass is 265 g/mol. The summed E-state index contributed by atoms with van der Waals surface area (Å²) < 4.78 is 5.10. The molecule has 2 rings (SSSR count). The molecule has 5 heteroatoms. The summed E-state index contributed by atoms with van der Waals surface area (Å²) in [5.74, 6) is 1.20. The van der Waals surface area contributed by atoms with E-state index in [2.05, 4.69) is 0 Å². The molecule has 0 spiro atoms. The highest BCUT2D eigenvalue weighted by atomic mass is 32.2. The first-order valence-corrected chi connectivity index (χ1v) is 6.84. The molecule has 1 fully saturated rings. The van der Waals surface area contributed by atoms with Gasteiger partial charge in [0.25, 0.3) is 0 Å². The second-order valence-electron chi connectivity index (χ2n) is 3.92. The second-order valence-corrected chi connectivity index (χ2v) is 5.40. The van der Waals surface area contributed by atoms with Crippen molar-refractivity contribution in [3.63, 3.8) is 0 Å². The Morgan fingerprint density at radius 1 is 1.44 bits per heavy atom. The Hall–Kier alpha value is -1.49. The van der Waals surface area contributed by atoms with Gasteiger partial charge in [0, 0.05) is 12.5 Å². The lowest BCUT2D eigenvalue weighted by molar-refractivity contribution is -0.121. The van der Waals surface area contributed by atoms with Crippen molar-refractivity contribution in [1.82, 2.24) is 0 Å². The average Bonchev–Trinajstić information content (AvgIpc) is 2.65. The first-order chi connectivity index (χ1) is 8.67. The molecule has 1 unspecified atom stereocenters. The van der Waals surface area contributed by atoms with E-state index in [1.54, 1.807) is 31.4 Å². The van der Waals surface area contributed by atoms with Crippen LogP contribution in [0.4, 0.5) is 5.69 Å². The number of hydrogen-bond donors (Lipinski definition) is 0. The number of thioether (sulfide) groups is 1. The molecule has 0 aromatic heterocycles. The molecule has 2 amide bonds. The van der Waals surface area contributed by atoms with Gasteiger partial charge in [-0.25, -0.2) is 4.90 Å². The van der Waals surface area contributed by atoms with Gasteiger partial charge in [0.15, 0.2) is 0 Å². The van der Waals surface area contributed by atoms with Gasteiger partial charge in [0.2, 0.25) is 11.8 Å². The summed E-state index contributed by atoms with van der Waals surface area (Å²) in [6, 6.07) is 7.01. The molecular formula is C13H15NO3S. The number of rotatable bonds is 4. The Balaban J connectivity index is 2.27. The van der Waals surface area contributed by atoms with Crippen LogP contribution in [0.3, 0.4) is 0 Å². The van der Waals surface area contributed by atoms with Crippen molar-refractivity contribution in [3.05, 3.63) is 24.3 Å². The molecule has 1 aliphatic rings. The minimum absolute atomic E-state index is 0.125. The van der Waals surface area contributed by atoms with Crippen LogP contribution in [0.25, 0.3) is 0 Å². The van der Waals surface area contributed by atoms with Crippen molar-refractivity contribution >= 4 is 29.3 Å². The molecule has 96 valence electrons. The standard InChI is InChI=1S/C13H15NO3S/c1-3-18-11-8-12(15)14(13(11)16)9-5-4-6-10(7-9)17-2/h4-7,11H,3,8H2,1-2H3. The van der Waals surface area contributed by atoms with E-state index in [9.17, 15) is 9.59 Å². The number of methoxy groups -OCH3 is 1. The number of carbonyl (C=O) groups is 2. The van der Waals surface area contributed by atoms with Gasteiger partial charge in [-0.3, -0.25) is 9.59 Å².